The molecule has 0 unspecified atom stereocenters. The highest BCUT2D eigenvalue weighted by Gasteiger charge is 2.17. The van der Waals surface area contributed by atoms with Gasteiger partial charge >= 0.3 is 0 Å². The lowest BCUT2D eigenvalue weighted by Crippen LogP contribution is -2.09. The van der Waals surface area contributed by atoms with Gasteiger partial charge < -0.3 is 10.5 Å². The molecule has 1 saturated heterocycles. The molecule has 0 spiro atoms. The third kappa shape index (κ3) is 1.21. The molecule has 0 amide bonds. The van der Waals surface area contributed by atoms with Gasteiger partial charge in [-0.3, -0.25) is 4.68 Å². The number of anilines is 1. The van der Waals surface area contributed by atoms with Gasteiger partial charge in [-0.2, -0.15) is 5.10 Å². The van der Waals surface area contributed by atoms with Crippen molar-refractivity contribution in [1.82, 2.24) is 9.78 Å². The summed E-state index contributed by atoms with van der Waals surface area (Å²) in [5.74, 6) is 0.580. The van der Waals surface area contributed by atoms with Crippen LogP contribution in [0.1, 0.15) is 12.5 Å². The Morgan fingerprint density at radius 2 is 2.64 bits per heavy atom. The van der Waals surface area contributed by atoms with E-state index in [1.54, 1.807) is 6.07 Å². The Balaban J connectivity index is 2.15. The highest BCUT2D eigenvalue weighted by Crippen LogP contribution is 2.17. The van der Waals surface area contributed by atoms with Crippen molar-refractivity contribution in [2.24, 2.45) is 0 Å². The minimum atomic E-state index is 0.396. The van der Waals surface area contributed by atoms with E-state index in [4.69, 9.17) is 10.5 Å². The van der Waals surface area contributed by atoms with E-state index < -0.39 is 0 Å². The van der Waals surface area contributed by atoms with E-state index in [0.717, 1.165) is 19.6 Å². The number of rotatable bonds is 1. The largest absolute Gasteiger partial charge is 0.382 e. The first kappa shape index (κ1) is 6.67. The number of hydrogen-bond donors (Lipinski definition) is 1. The molecule has 2 rings (SSSR count). The molecule has 0 aromatic carbocycles. The second-order valence-electron chi connectivity index (χ2n) is 2.74. The van der Waals surface area contributed by atoms with E-state index in [1.165, 1.54) is 0 Å². The van der Waals surface area contributed by atoms with Crippen molar-refractivity contribution in [2.45, 2.75) is 12.5 Å². The summed E-state index contributed by atoms with van der Waals surface area (Å²) >= 11 is 0. The van der Waals surface area contributed by atoms with Crippen LogP contribution in [0.15, 0.2) is 12.3 Å². The molecule has 1 aliphatic heterocycles. The minimum absolute atomic E-state index is 0.396. The zero-order chi connectivity index (χ0) is 7.68. The summed E-state index contributed by atoms with van der Waals surface area (Å²) in [7, 11) is 0. The lowest BCUT2D eigenvalue weighted by molar-refractivity contribution is 0.184. The first-order chi connectivity index (χ1) is 5.36. The normalized spacial score (nSPS) is 24.2. The van der Waals surface area contributed by atoms with Crippen LogP contribution in [-0.4, -0.2) is 23.0 Å². The van der Waals surface area contributed by atoms with Gasteiger partial charge in [-0.25, -0.2) is 0 Å². The molecule has 60 valence electrons. The maximum absolute atomic E-state index is 5.47. The van der Waals surface area contributed by atoms with E-state index in [-0.39, 0.29) is 0 Å². The van der Waals surface area contributed by atoms with Crippen LogP contribution in [0.4, 0.5) is 5.82 Å². The molecule has 1 fully saturated rings. The smallest absolute Gasteiger partial charge is 0.145 e. The Hall–Kier alpha value is -1.03. The molecular formula is C7H11N3O. The summed E-state index contributed by atoms with van der Waals surface area (Å²) < 4.78 is 7.10. The van der Waals surface area contributed by atoms with Gasteiger partial charge in [-0.05, 0) is 12.5 Å². The van der Waals surface area contributed by atoms with Gasteiger partial charge in [0, 0.05) is 12.8 Å². The zero-order valence-corrected chi connectivity index (χ0v) is 6.23. The molecule has 0 saturated carbocycles. The average Bonchev–Trinajstić information content (AvgIpc) is 2.55. The lowest BCUT2D eigenvalue weighted by Gasteiger charge is -2.06. The molecule has 0 aliphatic carbocycles. The molecular weight excluding hydrogens is 142 g/mol. The van der Waals surface area contributed by atoms with Gasteiger partial charge in [0.2, 0.25) is 0 Å². The molecule has 4 heteroatoms. The van der Waals surface area contributed by atoms with Crippen LogP contribution in [0, 0.1) is 0 Å². The SMILES string of the molecule is Nc1ccn([C@H]2CCOC2)n1. The van der Waals surface area contributed by atoms with Gasteiger partial charge in [0.1, 0.15) is 5.82 Å². The Morgan fingerprint density at radius 3 is 3.18 bits per heavy atom. The molecule has 11 heavy (non-hydrogen) atoms. The Kier molecular flexibility index (Phi) is 1.54. The fraction of sp³-hybridized carbons (Fsp3) is 0.571. The second kappa shape index (κ2) is 2.54. The number of nitrogens with zero attached hydrogens (tertiary/aromatic N) is 2. The number of hydrogen-bond acceptors (Lipinski definition) is 3. The molecule has 2 heterocycles. The summed E-state index contributed by atoms with van der Waals surface area (Å²) in [6, 6.07) is 2.20. The van der Waals surface area contributed by atoms with Crippen molar-refractivity contribution >= 4 is 5.82 Å². The van der Waals surface area contributed by atoms with Crippen molar-refractivity contribution < 1.29 is 4.74 Å². The monoisotopic (exact) mass is 153 g/mol. The van der Waals surface area contributed by atoms with Gasteiger partial charge in [0.25, 0.3) is 0 Å². The molecule has 1 aromatic rings. The van der Waals surface area contributed by atoms with Crippen LogP contribution in [-0.2, 0) is 4.74 Å². The van der Waals surface area contributed by atoms with Gasteiger partial charge in [0.15, 0.2) is 0 Å². The van der Waals surface area contributed by atoms with Crippen molar-refractivity contribution in [3.05, 3.63) is 12.3 Å². The van der Waals surface area contributed by atoms with Crippen molar-refractivity contribution in [3.8, 4) is 0 Å². The Morgan fingerprint density at radius 1 is 1.73 bits per heavy atom. The molecule has 2 N–H and O–H groups in total. The predicted molar refractivity (Wildman–Crippen MR) is 41.1 cm³/mol. The fourth-order valence-electron chi connectivity index (χ4n) is 1.29. The third-order valence-electron chi connectivity index (χ3n) is 1.91. The summed E-state index contributed by atoms with van der Waals surface area (Å²) in [5.41, 5.74) is 5.47. The van der Waals surface area contributed by atoms with Crippen molar-refractivity contribution in [1.29, 1.82) is 0 Å². The van der Waals surface area contributed by atoms with Crippen LogP contribution < -0.4 is 5.73 Å². The standard InChI is InChI=1S/C7H11N3O/c8-7-1-3-10(9-7)6-2-4-11-5-6/h1,3,6H,2,4-5H2,(H2,8,9)/t6-/m0/s1. The number of aromatic nitrogens is 2. The molecule has 0 bridgehead atoms. The van der Waals surface area contributed by atoms with Gasteiger partial charge in [-0.1, -0.05) is 0 Å². The maximum Gasteiger partial charge on any atom is 0.145 e. The van der Waals surface area contributed by atoms with Crippen molar-refractivity contribution in [2.75, 3.05) is 18.9 Å². The lowest BCUT2D eigenvalue weighted by atomic mass is 10.3. The zero-order valence-electron chi connectivity index (χ0n) is 6.23. The number of nitrogen functional groups attached to an aromatic ring is 1. The minimum Gasteiger partial charge on any atom is -0.382 e. The second-order valence-corrected chi connectivity index (χ2v) is 2.74. The molecule has 4 nitrogen and oxygen atoms in total. The first-order valence-electron chi connectivity index (χ1n) is 3.74. The molecule has 1 aromatic heterocycles. The van der Waals surface area contributed by atoms with Crippen LogP contribution in [0.3, 0.4) is 0 Å². The fourth-order valence-corrected chi connectivity index (χ4v) is 1.29. The van der Waals surface area contributed by atoms with E-state index in [0.29, 0.717) is 11.9 Å². The number of nitrogens with two attached hydrogens (primary N) is 1. The van der Waals surface area contributed by atoms with Crippen LogP contribution in [0.2, 0.25) is 0 Å². The summed E-state index contributed by atoms with van der Waals surface area (Å²) in [4.78, 5) is 0. The molecule has 0 radical (unpaired) electrons. The highest BCUT2D eigenvalue weighted by molar-refractivity contribution is 5.24. The van der Waals surface area contributed by atoms with Gasteiger partial charge in [-0.15, -0.1) is 0 Å². The summed E-state index contributed by atoms with van der Waals surface area (Å²) in [6.07, 6.45) is 2.94. The Bertz CT molecular complexity index is 240. The van der Waals surface area contributed by atoms with E-state index in [2.05, 4.69) is 5.10 Å². The summed E-state index contributed by atoms with van der Waals surface area (Å²) in [6.45, 7) is 1.60. The third-order valence-corrected chi connectivity index (χ3v) is 1.91. The van der Waals surface area contributed by atoms with Crippen LogP contribution in [0.5, 0.6) is 0 Å². The van der Waals surface area contributed by atoms with Crippen LogP contribution in [0.25, 0.3) is 0 Å². The van der Waals surface area contributed by atoms with E-state index in [9.17, 15) is 0 Å². The molecule has 1 atom stereocenters. The Labute approximate surface area is 64.9 Å². The van der Waals surface area contributed by atoms with E-state index >= 15 is 0 Å². The quantitative estimate of drug-likeness (QED) is 0.636. The van der Waals surface area contributed by atoms with Crippen LogP contribution >= 0.6 is 0 Å². The predicted octanol–water partition coefficient (Wildman–Crippen LogP) is 0.427. The maximum atomic E-state index is 5.47. The topological polar surface area (TPSA) is 53.1 Å². The molecule has 1 aliphatic rings. The van der Waals surface area contributed by atoms with E-state index in [1.807, 2.05) is 10.9 Å². The average molecular weight is 153 g/mol. The number of ether oxygens (including phenoxy) is 1. The highest BCUT2D eigenvalue weighted by atomic mass is 16.5. The van der Waals surface area contributed by atoms with Crippen molar-refractivity contribution in [3.63, 3.8) is 0 Å². The summed E-state index contributed by atoms with van der Waals surface area (Å²) in [5, 5.41) is 4.11. The first-order valence-corrected chi connectivity index (χ1v) is 3.74. The van der Waals surface area contributed by atoms with Gasteiger partial charge in [0.05, 0.1) is 12.6 Å².